The summed E-state index contributed by atoms with van der Waals surface area (Å²) in [4.78, 5) is 18.5. The highest BCUT2D eigenvalue weighted by Crippen LogP contribution is 2.33. The second kappa shape index (κ2) is 6.02. The Morgan fingerprint density at radius 2 is 2.00 bits per heavy atom. The molecule has 3 aliphatic rings. The molecule has 0 unspecified atom stereocenters. The molecule has 2 N–H and O–H groups in total. The minimum Gasteiger partial charge on any atom is -0.451 e. The average molecular weight is 349 g/mol. The fourth-order valence-electron chi connectivity index (χ4n) is 4.65. The van der Waals surface area contributed by atoms with Gasteiger partial charge in [0.15, 0.2) is 5.76 Å². The molecule has 6 rings (SSSR count). The third-order valence-electron chi connectivity index (χ3n) is 6.16. The molecule has 26 heavy (non-hydrogen) atoms. The zero-order valence-corrected chi connectivity index (χ0v) is 14.9. The van der Waals surface area contributed by atoms with Crippen molar-refractivity contribution in [3.8, 4) is 11.3 Å². The van der Waals surface area contributed by atoms with E-state index < -0.39 is 0 Å². The topological polar surface area (TPSA) is 61.3 Å². The Balaban J connectivity index is 1.37. The van der Waals surface area contributed by atoms with Crippen LogP contribution in [0.5, 0.6) is 0 Å². The fraction of sp³-hybridized carbons (Fsp3) is 0.381. The molecule has 2 aromatic heterocycles. The molecule has 5 nitrogen and oxygen atoms in total. The summed E-state index contributed by atoms with van der Waals surface area (Å²) in [6.45, 7) is 4.53. The number of rotatable bonds is 3. The molecule has 3 fully saturated rings. The zero-order valence-electron chi connectivity index (χ0n) is 14.9. The van der Waals surface area contributed by atoms with Crippen LogP contribution in [-0.2, 0) is 0 Å². The average Bonchev–Trinajstić information content (AvgIpc) is 3.31. The number of H-pyrrole nitrogens is 1. The van der Waals surface area contributed by atoms with Crippen LogP contribution in [0.1, 0.15) is 30.3 Å². The molecule has 5 heteroatoms. The molecule has 2 atom stereocenters. The number of hydrogen-bond acceptors (Lipinski definition) is 3. The standard InChI is InChI=1S/C21H23N3O2/c1-13-20(14-8-10-24(13)11-9-14)23-21(25)19-7-6-18(26-19)16-12-22-17-5-3-2-4-15(16)17/h2-7,12-14,20,22H,8-11H2,1H3,(H,23,25)/t13-,20-/m0/s1. The van der Waals surface area contributed by atoms with Crippen LogP contribution in [-0.4, -0.2) is 41.0 Å². The van der Waals surface area contributed by atoms with Gasteiger partial charge in [0.2, 0.25) is 0 Å². The maximum atomic E-state index is 12.8. The van der Waals surface area contributed by atoms with Gasteiger partial charge in [-0.05, 0) is 57.0 Å². The van der Waals surface area contributed by atoms with Crippen LogP contribution in [0.25, 0.3) is 22.2 Å². The van der Waals surface area contributed by atoms with Gasteiger partial charge in [0.25, 0.3) is 5.91 Å². The quantitative estimate of drug-likeness (QED) is 0.759. The van der Waals surface area contributed by atoms with E-state index in [-0.39, 0.29) is 11.9 Å². The first kappa shape index (κ1) is 15.7. The van der Waals surface area contributed by atoms with E-state index in [2.05, 4.69) is 28.2 Å². The van der Waals surface area contributed by atoms with Gasteiger partial charge in [-0.15, -0.1) is 0 Å². The molecule has 134 valence electrons. The monoisotopic (exact) mass is 349 g/mol. The van der Waals surface area contributed by atoms with Gasteiger partial charge in [-0.3, -0.25) is 9.69 Å². The summed E-state index contributed by atoms with van der Waals surface area (Å²) in [6.07, 6.45) is 4.28. The predicted molar refractivity (Wildman–Crippen MR) is 101 cm³/mol. The number of carbonyl (C=O) groups is 1. The first-order valence-electron chi connectivity index (χ1n) is 9.42. The van der Waals surface area contributed by atoms with Crippen molar-refractivity contribution in [2.45, 2.75) is 31.8 Å². The van der Waals surface area contributed by atoms with Crippen molar-refractivity contribution in [2.24, 2.45) is 5.92 Å². The molecule has 0 spiro atoms. The zero-order chi connectivity index (χ0) is 17.7. The number of aromatic amines is 1. The number of amides is 1. The van der Waals surface area contributed by atoms with Gasteiger partial charge in [-0.25, -0.2) is 0 Å². The van der Waals surface area contributed by atoms with E-state index in [1.54, 1.807) is 6.07 Å². The Morgan fingerprint density at radius 1 is 1.19 bits per heavy atom. The van der Waals surface area contributed by atoms with Gasteiger partial charge in [-0.2, -0.15) is 0 Å². The van der Waals surface area contributed by atoms with Crippen molar-refractivity contribution < 1.29 is 9.21 Å². The van der Waals surface area contributed by atoms with Gasteiger partial charge in [0.1, 0.15) is 5.76 Å². The van der Waals surface area contributed by atoms with Crippen LogP contribution in [0.4, 0.5) is 0 Å². The van der Waals surface area contributed by atoms with E-state index >= 15 is 0 Å². The summed E-state index contributed by atoms with van der Waals surface area (Å²) in [5.74, 6) is 1.58. The number of benzene rings is 1. The number of nitrogens with zero attached hydrogens (tertiary/aromatic N) is 1. The summed E-state index contributed by atoms with van der Waals surface area (Å²) >= 11 is 0. The summed E-state index contributed by atoms with van der Waals surface area (Å²) in [5, 5.41) is 4.33. The third-order valence-corrected chi connectivity index (χ3v) is 6.16. The lowest BCUT2D eigenvalue weighted by Gasteiger charge is -2.49. The minimum absolute atomic E-state index is 0.110. The molecular weight excluding hydrogens is 326 g/mol. The second-order valence-electron chi connectivity index (χ2n) is 7.53. The summed E-state index contributed by atoms with van der Waals surface area (Å²) in [5.41, 5.74) is 2.04. The molecule has 3 aliphatic heterocycles. The van der Waals surface area contributed by atoms with Gasteiger partial charge >= 0.3 is 0 Å². The van der Waals surface area contributed by atoms with Gasteiger partial charge in [0.05, 0.1) is 0 Å². The van der Waals surface area contributed by atoms with Gasteiger partial charge in [0, 0.05) is 34.7 Å². The Labute approximate surface area is 152 Å². The highest BCUT2D eigenvalue weighted by molar-refractivity contribution is 5.96. The maximum Gasteiger partial charge on any atom is 0.287 e. The molecule has 1 aromatic carbocycles. The largest absolute Gasteiger partial charge is 0.451 e. The van der Waals surface area contributed by atoms with Crippen LogP contribution in [0.15, 0.2) is 47.0 Å². The molecule has 0 radical (unpaired) electrons. The number of fused-ring (bicyclic) bond motifs is 4. The van der Waals surface area contributed by atoms with E-state index in [1.165, 1.54) is 12.8 Å². The van der Waals surface area contributed by atoms with Gasteiger partial charge in [-0.1, -0.05) is 18.2 Å². The molecule has 3 saturated heterocycles. The number of para-hydroxylation sites is 1. The number of furan rings is 1. The molecule has 5 heterocycles. The number of carbonyl (C=O) groups excluding carboxylic acids is 1. The van der Waals surface area contributed by atoms with Crippen LogP contribution >= 0.6 is 0 Å². The highest BCUT2D eigenvalue weighted by atomic mass is 16.3. The second-order valence-corrected chi connectivity index (χ2v) is 7.53. The molecular formula is C21H23N3O2. The lowest BCUT2D eigenvalue weighted by molar-refractivity contribution is 0.0211. The van der Waals surface area contributed by atoms with E-state index in [0.29, 0.717) is 17.7 Å². The molecule has 3 aromatic rings. The first-order valence-corrected chi connectivity index (χ1v) is 9.42. The number of piperidine rings is 3. The smallest absolute Gasteiger partial charge is 0.287 e. The van der Waals surface area contributed by atoms with Crippen LogP contribution in [0, 0.1) is 5.92 Å². The van der Waals surface area contributed by atoms with Gasteiger partial charge < -0.3 is 14.7 Å². The van der Waals surface area contributed by atoms with E-state index in [9.17, 15) is 4.79 Å². The lowest BCUT2D eigenvalue weighted by Crippen LogP contribution is -2.62. The minimum atomic E-state index is -0.110. The van der Waals surface area contributed by atoms with Crippen molar-refractivity contribution in [1.29, 1.82) is 0 Å². The molecule has 0 aliphatic carbocycles. The Bertz CT molecular complexity index is 947. The number of nitrogens with one attached hydrogen (secondary N) is 2. The SMILES string of the molecule is C[C@H]1[C@H](NC(=O)c2ccc(-c3c[nH]c4ccccc34)o2)C2CCN1CC2. The van der Waals surface area contributed by atoms with Crippen molar-refractivity contribution in [1.82, 2.24) is 15.2 Å². The Kier molecular flexibility index (Phi) is 3.64. The Morgan fingerprint density at radius 3 is 2.81 bits per heavy atom. The number of hydrogen-bond donors (Lipinski definition) is 2. The van der Waals surface area contributed by atoms with Crippen LogP contribution in [0.2, 0.25) is 0 Å². The summed E-state index contributed by atoms with van der Waals surface area (Å²) in [7, 11) is 0. The van der Waals surface area contributed by atoms with Crippen LogP contribution < -0.4 is 5.32 Å². The van der Waals surface area contributed by atoms with Crippen LogP contribution in [0.3, 0.4) is 0 Å². The Hall–Kier alpha value is -2.53. The summed E-state index contributed by atoms with van der Waals surface area (Å²) < 4.78 is 5.91. The number of aromatic nitrogens is 1. The normalized spacial score (nSPS) is 27.7. The summed E-state index contributed by atoms with van der Waals surface area (Å²) in [6, 6.07) is 12.4. The maximum absolute atomic E-state index is 12.8. The van der Waals surface area contributed by atoms with E-state index in [4.69, 9.17) is 4.42 Å². The van der Waals surface area contributed by atoms with Crippen molar-refractivity contribution in [2.75, 3.05) is 13.1 Å². The first-order chi connectivity index (χ1) is 12.7. The molecule has 0 saturated carbocycles. The predicted octanol–water partition coefficient (Wildman–Crippen LogP) is 3.64. The van der Waals surface area contributed by atoms with Crippen molar-refractivity contribution >= 4 is 16.8 Å². The third kappa shape index (κ3) is 2.46. The fourth-order valence-corrected chi connectivity index (χ4v) is 4.65. The van der Waals surface area contributed by atoms with Crippen molar-refractivity contribution in [3.05, 3.63) is 48.4 Å². The molecule has 2 bridgehead atoms. The molecule has 1 amide bonds. The van der Waals surface area contributed by atoms with E-state index in [0.717, 1.165) is 35.3 Å². The van der Waals surface area contributed by atoms with Crippen molar-refractivity contribution in [3.63, 3.8) is 0 Å². The lowest BCUT2D eigenvalue weighted by atomic mass is 9.79. The highest BCUT2D eigenvalue weighted by Gasteiger charge is 2.40. The van der Waals surface area contributed by atoms with E-state index in [1.807, 2.05) is 30.5 Å².